The maximum atomic E-state index is 13.4. The van der Waals surface area contributed by atoms with Crippen molar-refractivity contribution in [3.63, 3.8) is 0 Å². The highest BCUT2D eigenvalue weighted by atomic mass is 35.5. The number of amides is 1. The van der Waals surface area contributed by atoms with E-state index >= 15 is 0 Å². The van der Waals surface area contributed by atoms with Crippen molar-refractivity contribution in [1.82, 2.24) is 9.29 Å². The molecule has 0 aliphatic heterocycles. The number of nitrogens with zero attached hydrogens (tertiary/aromatic N) is 1. The number of hydrogen-bond donors (Lipinski definition) is 1. The molecule has 182 valence electrons. The van der Waals surface area contributed by atoms with Gasteiger partial charge in [-0.2, -0.15) is 0 Å². The van der Waals surface area contributed by atoms with Crippen LogP contribution in [0.5, 0.6) is 0 Å². The Hall–Kier alpha value is -3.21. The van der Waals surface area contributed by atoms with Crippen molar-refractivity contribution in [3.05, 3.63) is 82.5 Å². The predicted octanol–water partition coefficient (Wildman–Crippen LogP) is 3.41. The number of carbonyl (C=O) groups is 2. The fourth-order valence-corrected chi connectivity index (χ4v) is 6.03. The van der Waals surface area contributed by atoms with E-state index in [4.69, 9.17) is 11.6 Å². The van der Waals surface area contributed by atoms with Gasteiger partial charge in [0.15, 0.2) is 15.6 Å². The van der Waals surface area contributed by atoms with Crippen LogP contribution >= 0.6 is 11.6 Å². The number of sulfone groups is 1. The van der Waals surface area contributed by atoms with Gasteiger partial charge in [-0.15, -0.1) is 0 Å². The maximum absolute atomic E-state index is 13.4. The largest absolute Gasteiger partial charge is 0.339 e. The van der Waals surface area contributed by atoms with Crippen LogP contribution in [0.15, 0.2) is 65.6 Å². The van der Waals surface area contributed by atoms with Gasteiger partial charge in [-0.05, 0) is 35.9 Å². The molecule has 35 heavy (non-hydrogen) atoms. The standard InChI is InChI=1S/C24H21ClN2O6S2/c1-27-20-11-10-16(25)13-19(20)22(18-8-3-4-9-21(18)28)23(27)24(29)26-35(32,33)17-7-5-6-15(12-17)14-34(2,30)31/h3-8,10-13H,9,14H2,1-2H3,(H,26,29). The fourth-order valence-electron chi connectivity index (χ4n) is 4.05. The number of benzene rings is 2. The summed E-state index contributed by atoms with van der Waals surface area (Å²) in [7, 11) is -6.16. The molecular weight excluding hydrogens is 512 g/mol. The molecule has 0 unspecified atom stereocenters. The van der Waals surface area contributed by atoms with E-state index < -0.39 is 25.8 Å². The van der Waals surface area contributed by atoms with Gasteiger partial charge in [-0.3, -0.25) is 9.59 Å². The number of halogens is 1. The van der Waals surface area contributed by atoms with Crippen molar-refractivity contribution in [2.24, 2.45) is 7.05 Å². The van der Waals surface area contributed by atoms with Crippen LogP contribution in [0.2, 0.25) is 5.02 Å². The predicted molar refractivity (Wildman–Crippen MR) is 134 cm³/mol. The molecule has 1 amide bonds. The van der Waals surface area contributed by atoms with Gasteiger partial charge in [0.05, 0.1) is 10.6 Å². The molecule has 2 aromatic carbocycles. The fraction of sp³-hybridized carbons (Fsp3) is 0.167. The van der Waals surface area contributed by atoms with Gasteiger partial charge in [-0.1, -0.05) is 42.0 Å². The molecule has 0 spiro atoms. The van der Waals surface area contributed by atoms with Gasteiger partial charge in [0, 0.05) is 46.8 Å². The number of allylic oxidation sites excluding steroid dienone is 4. The normalized spacial score (nSPS) is 14.3. The Kier molecular flexibility index (Phi) is 6.48. The summed E-state index contributed by atoms with van der Waals surface area (Å²) in [6, 6.07) is 10.3. The summed E-state index contributed by atoms with van der Waals surface area (Å²) < 4.78 is 52.9. The van der Waals surface area contributed by atoms with E-state index in [0.29, 0.717) is 15.9 Å². The number of aromatic nitrogens is 1. The Bertz CT molecular complexity index is 1670. The number of Topliss-reactive ketones (excluding diaryl/α,β-unsaturated/α-hetero) is 1. The molecule has 1 heterocycles. The van der Waals surface area contributed by atoms with Crippen LogP contribution < -0.4 is 4.72 Å². The molecule has 1 aliphatic carbocycles. The lowest BCUT2D eigenvalue weighted by Crippen LogP contribution is -2.32. The van der Waals surface area contributed by atoms with Crippen LogP contribution in [0.3, 0.4) is 0 Å². The Morgan fingerprint density at radius 1 is 1.11 bits per heavy atom. The zero-order valence-electron chi connectivity index (χ0n) is 18.8. The summed E-state index contributed by atoms with van der Waals surface area (Å²) in [5.41, 5.74) is 1.40. The number of carbonyl (C=O) groups excluding carboxylic acids is 2. The monoisotopic (exact) mass is 532 g/mol. The second kappa shape index (κ2) is 9.10. The zero-order chi connectivity index (χ0) is 25.5. The number of fused-ring (bicyclic) bond motifs is 1. The summed E-state index contributed by atoms with van der Waals surface area (Å²) in [6.45, 7) is 0. The maximum Gasteiger partial charge on any atom is 0.282 e. The Morgan fingerprint density at radius 2 is 1.86 bits per heavy atom. The SMILES string of the molecule is Cn1c(C(=O)NS(=O)(=O)c2cccc(CS(C)(=O)=O)c2)c(C2=CC=CCC2=O)c2cc(Cl)ccc21. The summed E-state index contributed by atoms with van der Waals surface area (Å²) in [5.74, 6) is -1.50. The lowest BCUT2D eigenvalue weighted by molar-refractivity contribution is -0.113. The number of nitrogens with one attached hydrogen (secondary N) is 1. The zero-order valence-corrected chi connectivity index (χ0v) is 21.2. The Labute approximate surface area is 207 Å². The smallest absolute Gasteiger partial charge is 0.282 e. The average Bonchev–Trinajstić information content (AvgIpc) is 3.04. The van der Waals surface area contributed by atoms with Gasteiger partial charge in [0.1, 0.15) is 5.69 Å². The number of sulfonamides is 1. The summed E-state index contributed by atoms with van der Waals surface area (Å²) in [5, 5.41) is 0.929. The molecule has 0 radical (unpaired) electrons. The van der Waals surface area contributed by atoms with Crippen LogP contribution in [0.25, 0.3) is 16.5 Å². The molecule has 3 aromatic rings. The van der Waals surface area contributed by atoms with Gasteiger partial charge in [0.2, 0.25) is 0 Å². The van der Waals surface area contributed by atoms with Crippen LogP contribution in [0.4, 0.5) is 0 Å². The number of rotatable bonds is 6. The van der Waals surface area contributed by atoms with Gasteiger partial charge in [0.25, 0.3) is 15.9 Å². The van der Waals surface area contributed by atoms with Crippen molar-refractivity contribution >= 4 is 59.6 Å². The lowest BCUT2D eigenvalue weighted by atomic mass is 9.93. The summed E-state index contributed by atoms with van der Waals surface area (Å²) >= 11 is 6.19. The van der Waals surface area contributed by atoms with Crippen LogP contribution in [0, 0.1) is 0 Å². The number of aryl methyl sites for hydroxylation is 1. The molecule has 0 atom stereocenters. The van der Waals surface area contributed by atoms with Crippen molar-refractivity contribution in [2.45, 2.75) is 17.1 Å². The molecule has 0 saturated carbocycles. The molecule has 1 aliphatic rings. The molecule has 0 fully saturated rings. The minimum Gasteiger partial charge on any atom is -0.339 e. The third-order valence-corrected chi connectivity index (χ3v) is 7.93. The van der Waals surface area contributed by atoms with E-state index in [-0.39, 0.29) is 45.2 Å². The van der Waals surface area contributed by atoms with Crippen molar-refractivity contribution < 1.29 is 26.4 Å². The first-order chi connectivity index (χ1) is 16.4. The molecule has 1 N–H and O–H groups in total. The highest BCUT2D eigenvalue weighted by molar-refractivity contribution is 7.90. The summed E-state index contributed by atoms with van der Waals surface area (Å²) in [6.07, 6.45) is 6.17. The van der Waals surface area contributed by atoms with E-state index in [0.717, 1.165) is 6.26 Å². The minimum absolute atomic E-state index is 0.0203. The van der Waals surface area contributed by atoms with E-state index in [1.165, 1.54) is 28.8 Å². The molecule has 1 aromatic heterocycles. The first kappa shape index (κ1) is 24.9. The quantitative estimate of drug-likeness (QED) is 0.519. The van der Waals surface area contributed by atoms with E-state index in [1.54, 1.807) is 43.5 Å². The molecule has 11 heteroatoms. The van der Waals surface area contributed by atoms with E-state index in [1.807, 2.05) is 0 Å². The first-order valence-electron chi connectivity index (χ1n) is 10.4. The minimum atomic E-state index is -4.36. The average molecular weight is 533 g/mol. The molecule has 0 bridgehead atoms. The first-order valence-corrected chi connectivity index (χ1v) is 14.3. The third-order valence-electron chi connectivity index (χ3n) is 5.51. The van der Waals surface area contributed by atoms with Crippen LogP contribution in [-0.2, 0) is 37.5 Å². The molecule has 4 rings (SSSR count). The lowest BCUT2D eigenvalue weighted by Gasteiger charge is -2.13. The molecule has 0 saturated heterocycles. The molecule has 8 nitrogen and oxygen atoms in total. The van der Waals surface area contributed by atoms with E-state index in [9.17, 15) is 26.4 Å². The van der Waals surface area contributed by atoms with Crippen molar-refractivity contribution in [3.8, 4) is 0 Å². The number of hydrogen-bond acceptors (Lipinski definition) is 6. The van der Waals surface area contributed by atoms with Crippen molar-refractivity contribution in [1.29, 1.82) is 0 Å². The van der Waals surface area contributed by atoms with Crippen molar-refractivity contribution in [2.75, 3.05) is 6.26 Å². The Balaban J connectivity index is 1.81. The van der Waals surface area contributed by atoms with Gasteiger partial charge < -0.3 is 4.57 Å². The van der Waals surface area contributed by atoms with E-state index in [2.05, 4.69) is 4.72 Å². The van der Waals surface area contributed by atoms with Gasteiger partial charge >= 0.3 is 0 Å². The molecular formula is C24H21ClN2O6S2. The highest BCUT2D eigenvalue weighted by Crippen LogP contribution is 2.35. The highest BCUT2D eigenvalue weighted by Gasteiger charge is 2.29. The number of ketones is 1. The third kappa shape index (κ3) is 5.09. The topological polar surface area (TPSA) is 119 Å². The summed E-state index contributed by atoms with van der Waals surface area (Å²) in [4.78, 5) is 25.8. The second-order valence-electron chi connectivity index (χ2n) is 8.23. The second-order valence-corrected chi connectivity index (χ2v) is 12.5. The Morgan fingerprint density at radius 3 is 2.54 bits per heavy atom. The van der Waals surface area contributed by atoms with Crippen LogP contribution in [0.1, 0.15) is 28.0 Å². The van der Waals surface area contributed by atoms with Crippen LogP contribution in [-0.4, -0.2) is 39.3 Å². The van der Waals surface area contributed by atoms with Gasteiger partial charge in [-0.25, -0.2) is 21.6 Å².